The Morgan fingerprint density at radius 1 is 0.893 bits per heavy atom. The van der Waals surface area contributed by atoms with Crippen LogP contribution in [0.5, 0.6) is 0 Å². The van der Waals surface area contributed by atoms with Gasteiger partial charge in [-0.1, -0.05) is 37.8 Å². The standard InChI is InChI=1S/C22H29N3O3/c26-20(23-18-5-1-2-6-18)17-11-9-16(10-12-17)15-24-13-14-25(22(28)21(24)27)19-7-3-4-8-19/h9-12,18-19H,1-8,13-15H2,(H,23,26). The fourth-order valence-electron chi connectivity index (χ4n) is 4.73. The number of nitrogens with zero attached hydrogens (tertiary/aromatic N) is 2. The molecule has 1 aromatic carbocycles. The van der Waals surface area contributed by atoms with Gasteiger partial charge >= 0.3 is 11.8 Å². The zero-order chi connectivity index (χ0) is 19.5. The van der Waals surface area contributed by atoms with Gasteiger partial charge in [0.15, 0.2) is 0 Å². The lowest BCUT2D eigenvalue weighted by Crippen LogP contribution is -2.56. The third-order valence-corrected chi connectivity index (χ3v) is 6.39. The highest BCUT2D eigenvalue weighted by Gasteiger charge is 2.37. The largest absolute Gasteiger partial charge is 0.349 e. The Bertz CT molecular complexity index is 734. The molecule has 0 bridgehead atoms. The highest BCUT2D eigenvalue weighted by Crippen LogP contribution is 2.25. The number of carbonyl (C=O) groups is 3. The fourth-order valence-corrected chi connectivity index (χ4v) is 4.73. The molecule has 1 aliphatic heterocycles. The Morgan fingerprint density at radius 3 is 2.21 bits per heavy atom. The summed E-state index contributed by atoms with van der Waals surface area (Å²) in [4.78, 5) is 40.8. The molecule has 0 atom stereocenters. The number of piperazine rings is 1. The predicted molar refractivity (Wildman–Crippen MR) is 106 cm³/mol. The second-order valence-corrected chi connectivity index (χ2v) is 8.32. The third kappa shape index (κ3) is 4.05. The molecule has 4 rings (SSSR count). The number of nitrogens with one attached hydrogen (secondary N) is 1. The van der Waals surface area contributed by atoms with Crippen LogP contribution in [0.25, 0.3) is 0 Å². The number of hydrogen-bond donors (Lipinski definition) is 1. The van der Waals surface area contributed by atoms with Gasteiger partial charge in [-0.15, -0.1) is 0 Å². The monoisotopic (exact) mass is 383 g/mol. The number of amides is 3. The summed E-state index contributed by atoms with van der Waals surface area (Å²) in [7, 11) is 0. The van der Waals surface area contributed by atoms with Crippen LogP contribution in [0.2, 0.25) is 0 Å². The summed E-state index contributed by atoms with van der Waals surface area (Å²) in [5.74, 6) is -0.790. The van der Waals surface area contributed by atoms with Gasteiger partial charge in [0.1, 0.15) is 0 Å². The van der Waals surface area contributed by atoms with Crippen LogP contribution in [0, 0.1) is 0 Å². The quantitative estimate of drug-likeness (QED) is 0.794. The molecule has 1 aromatic rings. The molecule has 1 N–H and O–H groups in total. The van der Waals surface area contributed by atoms with Gasteiger partial charge in [0, 0.05) is 37.3 Å². The second-order valence-electron chi connectivity index (χ2n) is 8.32. The van der Waals surface area contributed by atoms with Crippen LogP contribution in [0.3, 0.4) is 0 Å². The Morgan fingerprint density at radius 2 is 1.54 bits per heavy atom. The molecular formula is C22H29N3O3. The molecule has 3 aliphatic rings. The molecule has 3 amide bonds. The smallest absolute Gasteiger partial charge is 0.312 e. The van der Waals surface area contributed by atoms with Crippen molar-refractivity contribution >= 4 is 17.7 Å². The molecular weight excluding hydrogens is 354 g/mol. The zero-order valence-corrected chi connectivity index (χ0v) is 16.4. The van der Waals surface area contributed by atoms with E-state index in [-0.39, 0.29) is 17.9 Å². The van der Waals surface area contributed by atoms with Crippen LogP contribution in [0.4, 0.5) is 0 Å². The maximum Gasteiger partial charge on any atom is 0.312 e. The van der Waals surface area contributed by atoms with Crippen molar-refractivity contribution < 1.29 is 14.4 Å². The molecule has 6 nitrogen and oxygen atoms in total. The molecule has 150 valence electrons. The van der Waals surface area contributed by atoms with Gasteiger partial charge in [0.25, 0.3) is 5.91 Å². The van der Waals surface area contributed by atoms with Crippen molar-refractivity contribution in [3.63, 3.8) is 0 Å². The summed E-state index contributed by atoms with van der Waals surface area (Å²) < 4.78 is 0. The van der Waals surface area contributed by atoms with E-state index in [4.69, 9.17) is 0 Å². The van der Waals surface area contributed by atoms with Crippen molar-refractivity contribution in [1.82, 2.24) is 15.1 Å². The van der Waals surface area contributed by atoms with Crippen molar-refractivity contribution in [3.8, 4) is 0 Å². The highest BCUT2D eigenvalue weighted by atomic mass is 16.2. The van der Waals surface area contributed by atoms with E-state index in [9.17, 15) is 14.4 Å². The van der Waals surface area contributed by atoms with Crippen LogP contribution in [0.1, 0.15) is 67.3 Å². The first-order valence-electron chi connectivity index (χ1n) is 10.6. The van der Waals surface area contributed by atoms with E-state index in [2.05, 4.69) is 5.32 Å². The average Bonchev–Trinajstić information content (AvgIpc) is 3.40. The van der Waals surface area contributed by atoms with Gasteiger partial charge < -0.3 is 15.1 Å². The highest BCUT2D eigenvalue weighted by molar-refractivity contribution is 6.35. The summed E-state index contributed by atoms with van der Waals surface area (Å²) in [6.45, 7) is 1.61. The summed E-state index contributed by atoms with van der Waals surface area (Å²) in [6, 6.07) is 7.92. The normalized spacial score (nSPS) is 21.6. The topological polar surface area (TPSA) is 69.7 Å². The minimum atomic E-state index is -0.402. The number of benzene rings is 1. The predicted octanol–water partition coefficient (Wildman–Crippen LogP) is 2.47. The number of carbonyl (C=O) groups excluding carboxylic acids is 3. The molecule has 28 heavy (non-hydrogen) atoms. The van der Waals surface area contributed by atoms with E-state index in [0.29, 0.717) is 31.2 Å². The van der Waals surface area contributed by atoms with E-state index in [1.807, 2.05) is 12.1 Å². The molecule has 3 fully saturated rings. The second kappa shape index (κ2) is 8.33. The number of hydrogen-bond acceptors (Lipinski definition) is 3. The molecule has 0 spiro atoms. The van der Waals surface area contributed by atoms with E-state index < -0.39 is 5.91 Å². The lowest BCUT2D eigenvalue weighted by Gasteiger charge is -2.37. The first kappa shape index (κ1) is 19.0. The molecule has 6 heteroatoms. The van der Waals surface area contributed by atoms with Crippen molar-refractivity contribution in [2.24, 2.45) is 0 Å². The van der Waals surface area contributed by atoms with Gasteiger partial charge in [0.2, 0.25) is 0 Å². The Hall–Kier alpha value is -2.37. The maximum atomic E-state index is 12.5. The van der Waals surface area contributed by atoms with Crippen LogP contribution in [-0.2, 0) is 16.1 Å². The van der Waals surface area contributed by atoms with Crippen molar-refractivity contribution in [2.75, 3.05) is 13.1 Å². The SMILES string of the molecule is O=C(NC1CCCC1)c1ccc(CN2CCN(C3CCCC3)C(=O)C2=O)cc1. The van der Waals surface area contributed by atoms with Crippen molar-refractivity contribution in [3.05, 3.63) is 35.4 Å². The van der Waals surface area contributed by atoms with Crippen LogP contribution < -0.4 is 5.32 Å². The summed E-state index contributed by atoms with van der Waals surface area (Å²) in [6.07, 6.45) is 8.82. The Balaban J connectivity index is 1.33. The maximum absolute atomic E-state index is 12.5. The molecule has 1 heterocycles. The van der Waals surface area contributed by atoms with Crippen molar-refractivity contribution in [2.45, 2.75) is 70.0 Å². The van der Waals surface area contributed by atoms with E-state index in [0.717, 1.165) is 44.1 Å². The fraction of sp³-hybridized carbons (Fsp3) is 0.591. The first-order valence-corrected chi connectivity index (χ1v) is 10.6. The molecule has 2 aliphatic carbocycles. The zero-order valence-electron chi connectivity index (χ0n) is 16.4. The van der Waals surface area contributed by atoms with E-state index in [1.165, 1.54) is 12.8 Å². The van der Waals surface area contributed by atoms with Crippen LogP contribution >= 0.6 is 0 Å². The van der Waals surface area contributed by atoms with Crippen molar-refractivity contribution in [1.29, 1.82) is 0 Å². The van der Waals surface area contributed by atoms with E-state index in [1.54, 1.807) is 21.9 Å². The average molecular weight is 383 g/mol. The lowest BCUT2D eigenvalue weighted by molar-refractivity contribution is -0.158. The van der Waals surface area contributed by atoms with Crippen LogP contribution in [-0.4, -0.2) is 52.7 Å². The molecule has 0 aromatic heterocycles. The Kier molecular flexibility index (Phi) is 5.64. The van der Waals surface area contributed by atoms with Gasteiger partial charge in [-0.25, -0.2) is 0 Å². The first-order chi connectivity index (χ1) is 13.6. The molecule has 0 radical (unpaired) electrons. The minimum Gasteiger partial charge on any atom is -0.349 e. The van der Waals surface area contributed by atoms with Crippen LogP contribution in [0.15, 0.2) is 24.3 Å². The summed E-state index contributed by atoms with van der Waals surface area (Å²) in [5, 5.41) is 3.09. The summed E-state index contributed by atoms with van der Waals surface area (Å²) in [5.41, 5.74) is 1.58. The molecule has 0 unspecified atom stereocenters. The molecule has 1 saturated heterocycles. The van der Waals surface area contributed by atoms with Gasteiger partial charge in [-0.05, 0) is 43.4 Å². The third-order valence-electron chi connectivity index (χ3n) is 6.39. The van der Waals surface area contributed by atoms with Gasteiger partial charge in [-0.3, -0.25) is 14.4 Å². The summed E-state index contributed by atoms with van der Waals surface area (Å²) >= 11 is 0. The van der Waals surface area contributed by atoms with E-state index >= 15 is 0 Å². The Labute approximate surface area is 166 Å². The van der Waals surface area contributed by atoms with Gasteiger partial charge in [-0.2, -0.15) is 0 Å². The minimum absolute atomic E-state index is 0.0325. The number of rotatable bonds is 5. The molecule has 2 saturated carbocycles. The lowest BCUT2D eigenvalue weighted by atomic mass is 10.1. The van der Waals surface area contributed by atoms with Gasteiger partial charge in [0.05, 0.1) is 0 Å².